The summed E-state index contributed by atoms with van der Waals surface area (Å²) in [6, 6.07) is 0. The van der Waals surface area contributed by atoms with E-state index in [2.05, 4.69) is 34.6 Å². The van der Waals surface area contributed by atoms with E-state index in [1.165, 1.54) is 193 Å². The first kappa shape index (κ1) is 89.1. The van der Waals surface area contributed by atoms with Gasteiger partial charge in [-0.2, -0.15) is 0 Å². The van der Waals surface area contributed by atoms with Crippen LogP contribution in [0.25, 0.3) is 0 Å². The fourth-order valence-electron chi connectivity index (χ4n) is 11.0. The summed E-state index contributed by atoms with van der Waals surface area (Å²) in [5, 5.41) is 10.6. The van der Waals surface area contributed by atoms with Crippen LogP contribution in [0.3, 0.4) is 0 Å². The van der Waals surface area contributed by atoms with Gasteiger partial charge in [-0.1, -0.05) is 324 Å². The zero-order valence-corrected chi connectivity index (χ0v) is 60.8. The van der Waals surface area contributed by atoms with Crippen LogP contribution in [-0.4, -0.2) is 96.7 Å². The lowest BCUT2D eigenvalue weighted by atomic mass is 10.0. The number of unbranched alkanes of at least 4 members (excludes halogenated alkanes) is 44. The molecule has 2 unspecified atom stereocenters. The van der Waals surface area contributed by atoms with Gasteiger partial charge in [-0.3, -0.25) is 37.3 Å². The SMILES string of the molecule is CCCCCCCCCCCCCCCCCCCCCC(=O)O[C@H](COC(=O)CCCCCCCCCCCCC(C)C)COP(=O)(O)OC[C@@H](O)COP(=O)(O)OC[C@@H](COC(=O)CCCCCCCCCC)OC(=O)CCCCCCCCCCCCC. The molecule has 17 nitrogen and oxygen atoms in total. The standard InChI is InChI=1S/C72H140O17P2/c1-6-9-12-15-18-21-23-24-25-26-27-28-29-30-32-38-43-48-53-58-72(77)89-68(62-83-70(75)56-51-46-41-36-34-33-35-39-44-49-54-65(4)5)64-87-91(80,81)85-60-66(73)59-84-90(78,79)86-63-67(61-82-69(74)55-50-45-40-20-17-14-11-8-3)88-71(76)57-52-47-42-37-31-22-19-16-13-10-7-2/h65-68,73H,6-64H2,1-5H3,(H,78,79)(H,80,81)/t66-,67+,68+/m0/s1. The summed E-state index contributed by atoms with van der Waals surface area (Å²) in [6.07, 6.45) is 52.8. The second kappa shape index (κ2) is 65.4. The Morgan fingerprint density at radius 3 is 0.747 bits per heavy atom. The Morgan fingerprint density at radius 2 is 0.505 bits per heavy atom. The van der Waals surface area contributed by atoms with Crippen molar-refractivity contribution in [2.75, 3.05) is 39.6 Å². The minimum atomic E-state index is -4.95. The van der Waals surface area contributed by atoms with Crippen molar-refractivity contribution in [1.29, 1.82) is 0 Å². The van der Waals surface area contributed by atoms with Crippen LogP contribution < -0.4 is 0 Å². The van der Waals surface area contributed by atoms with Crippen molar-refractivity contribution in [3.05, 3.63) is 0 Å². The molecule has 0 aromatic heterocycles. The molecular formula is C72H140O17P2. The Kier molecular flexibility index (Phi) is 64.0. The third kappa shape index (κ3) is 66.5. The number of aliphatic hydroxyl groups excluding tert-OH is 1. The van der Waals surface area contributed by atoms with E-state index in [1.54, 1.807) is 0 Å². The molecule has 19 heteroatoms. The summed E-state index contributed by atoms with van der Waals surface area (Å²) >= 11 is 0. The lowest BCUT2D eigenvalue weighted by Crippen LogP contribution is -2.30. The highest BCUT2D eigenvalue weighted by atomic mass is 31.2. The number of rotatable bonds is 72. The average molecular weight is 1340 g/mol. The summed E-state index contributed by atoms with van der Waals surface area (Å²) in [6.45, 7) is 7.23. The van der Waals surface area contributed by atoms with Gasteiger partial charge in [-0.25, -0.2) is 9.13 Å². The van der Waals surface area contributed by atoms with Gasteiger partial charge in [-0.15, -0.1) is 0 Å². The van der Waals surface area contributed by atoms with Crippen LogP contribution in [0.4, 0.5) is 0 Å². The van der Waals surface area contributed by atoms with Crippen molar-refractivity contribution in [2.45, 2.75) is 393 Å². The summed E-state index contributed by atoms with van der Waals surface area (Å²) < 4.78 is 68.3. The molecule has 0 fully saturated rings. The molecule has 0 saturated carbocycles. The van der Waals surface area contributed by atoms with Crippen LogP contribution in [0.15, 0.2) is 0 Å². The molecule has 91 heavy (non-hydrogen) atoms. The first-order valence-corrected chi connectivity index (χ1v) is 40.6. The molecule has 5 atom stereocenters. The molecule has 0 aliphatic rings. The summed E-state index contributed by atoms with van der Waals surface area (Å²) in [5.74, 6) is -1.36. The highest BCUT2D eigenvalue weighted by Gasteiger charge is 2.30. The molecule has 0 rings (SSSR count). The number of hydrogen-bond donors (Lipinski definition) is 3. The maximum atomic E-state index is 13.0. The van der Waals surface area contributed by atoms with Crippen molar-refractivity contribution in [3.8, 4) is 0 Å². The molecule has 0 aliphatic heterocycles. The summed E-state index contributed by atoms with van der Waals surface area (Å²) in [5.41, 5.74) is 0. The maximum absolute atomic E-state index is 13.0. The second-order valence-electron chi connectivity index (χ2n) is 26.5. The molecule has 0 aromatic carbocycles. The quantitative estimate of drug-likeness (QED) is 0.0222. The van der Waals surface area contributed by atoms with Gasteiger partial charge in [0.2, 0.25) is 0 Å². The van der Waals surface area contributed by atoms with Gasteiger partial charge in [0.1, 0.15) is 19.3 Å². The lowest BCUT2D eigenvalue weighted by Gasteiger charge is -2.21. The van der Waals surface area contributed by atoms with E-state index in [0.717, 1.165) is 102 Å². The van der Waals surface area contributed by atoms with Crippen LogP contribution in [0.1, 0.15) is 375 Å². The minimum absolute atomic E-state index is 0.107. The number of carbonyl (C=O) groups is 4. The van der Waals surface area contributed by atoms with Crippen molar-refractivity contribution < 1.29 is 80.2 Å². The van der Waals surface area contributed by atoms with Crippen LogP contribution in [0, 0.1) is 5.92 Å². The topological polar surface area (TPSA) is 237 Å². The Morgan fingerprint density at radius 1 is 0.297 bits per heavy atom. The van der Waals surface area contributed by atoms with E-state index in [9.17, 15) is 43.2 Å². The van der Waals surface area contributed by atoms with Crippen molar-refractivity contribution in [2.24, 2.45) is 5.92 Å². The molecule has 3 N–H and O–H groups in total. The number of carbonyl (C=O) groups excluding carboxylic acids is 4. The van der Waals surface area contributed by atoms with Crippen molar-refractivity contribution >= 4 is 39.5 Å². The van der Waals surface area contributed by atoms with E-state index in [0.29, 0.717) is 25.7 Å². The van der Waals surface area contributed by atoms with E-state index < -0.39 is 97.5 Å². The second-order valence-corrected chi connectivity index (χ2v) is 29.4. The molecule has 0 amide bonds. The minimum Gasteiger partial charge on any atom is -0.462 e. The normalized spacial score (nSPS) is 14.0. The molecule has 0 heterocycles. The van der Waals surface area contributed by atoms with Gasteiger partial charge in [0.05, 0.1) is 26.4 Å². The number of phosphoric acid groups is 2. The van der Waals surface area contributed by atoms with Crippen molar-refractivity contribution in [3.63, 3.8) is 0 Å². The predicted molar refractivity (Wildman–Crippen MR) is 368 cm³/mol. The van der Waals surface area contributed by atoms with E-state index >= 15 is 0 Å². The Labute approximate surface area is 556 Å². The van der Waals surface area contributed by atoms with Crippen LogP contribution in [-0.2, 0) is 65.4 Å². The van der Waals surface area contributed by atoms with Crippen LogP contribution in [0.5, 0.6) is 0 Å². The van der Waals surface area contributed by atoms with Crippen LogP contribution in [0.2, 0.25) is 0 Å². The predicted octanol–water partition coefficient (Wildman–Crippen LogP) is 20.9. The van der Waals surface area contributed by atoms with E-state index in [4.69, 9.17) is 37.0 Å². The van der Waals surface area contributed by atoms with Gasteiger partial charge in [0, 0.05) is 25.7 Å². The Hall–Kier alpha value is -1.94. The Balaban J connectivity index is 5.19. The zero-order chi connectivity index (χ0) is 67.0. The molecule has 0 radical (unpaired) electrons. The molecule has 0 bridgehead atoms. The molecular weight excluding hydrogens is 1200 g/mol. The first-order chi connectivity index (χ1) is 44.0. The van der Waals surface area contributed by atoms with E-state index in [-0.39, 0.29) is 25.7 Å². The summed E-state index contributed by atoms with van der Waals surface area (Å²) in [4.78, 5) is 72.5. The van der Waals surface area contributed by atoms with Gasteiger partial charge in [0.15, 0.2) is 12.2 Å². The zero-order valence-electron chi connectivity index (χ0n) is 59.0. The highest BCUT2D eigenvalue weighted by molar-refractivity contribution is 7.47. The van der Waals surface area contributed by atoms with Gasteiger partial charge in [0.25, 0.3) is 0 Å². The molecule has 0 aliphatic carbocycles. The number of phosphoric ester groups is 2. The van der Waals surface area contributed by atoms with E-state index in [1.807, 2.05) is 0 Å². The van der Waals surface area contributed by atoms with Gasteiger partial charge < -0.3 is 33.8 Å². The molecule has 540 valence electrons. The van der Waals surface area contributed by atoms with Gasteiger partial charge in [-0.05, 0) is 31.6 Å². The largest absolute Gasteiger partial charge is 0.472 e. The fraction of sp³-hybridized carbons (Fsp3) is 0.944. The number of ether oxygens (including phenoxy) is 4. The Bertz CT molecular complexity index is 1750. The fourth-order valence-corrected chi connectivity index (χ4v) is 12.6. The monoisotopic (exact) mass is 1340 g/mol. The molecule has 0 saturated heterocycles. The average Bonchev–Trinajstić information content (AvgIpc) is 2.56. The van der Waals surface area contributed by atoms with Crippen LogP contribution >= 0.6 is 15.6 Å². The smallest absolute Gasteiger partial charge is 0.462 e. The lowest BCUT2D eigenvalue weighted by molar-refractivity contribution is -0.161. The number of aliphatic hydroxyl groups is 1. The highest BCUT2D eigenvalue weighted by Crippen LogP contribution is 2.45. The third-order valence-corrected chi connectivity index (χ3v) is 18.7. The molecule has 0 spiro atoms. The number of esters is 4. The summed E-state index contributed by atoms with van der Waals surface area (Å²) in [7, 11) is -9.90. The first-order valence-electron chi connectivity index (χ1n) is 37.6. The molecule has 0 aromatic rings. The van der Waals surface area contributed by atoms with Crippen molar-refractivity contribution in [1.82, 2.24) is 0 Å². The number of hydrogen-bond acceptors (Lipinski definition) is 15. The maximum Gasteiger partial charge on any atom is 0.472 e. The third-order valence-electron chi connectivity index (χ3n) is 16.8. The van der Waals surface area contributed by atoms with Gasteiger partial charge >= 0.3 is 39.5 Å².